The van der Waals surface area contributed by atoms with Gasteiger partial charge in [-0.25, -0.2) is 0 Å². The number of alkyl halides is 6. The van der Waals surface area contributed by atoms with Gasteiger partial charge in [0.15, 0.2) is 0 Å². The highest BCUT2D eigenvalue weighted by Gasteiger charge is 2.43. The van der Waals surface area contributed by atoms with Crippen molar-refractivity contribution in [3.05, 3.63) is 119 Å². The molecule has 0 bridgehead atoms. The minimum Gasteiger partial charge on any atom is -0.356 e. The van der Waals surface area contributed by atoms with Crippen LogP contribution < -0.4 is 16.0 Å². The van der Waals surface area contributed by atoms with Gasteiger partial charge in [0.2, 0.25) is 5.91 Å². The summed E-state index contributed by atoms with van der Waals surface area (Å²) in [5, 5.41) is 8.53. The quantitative estimate of drug-likeness (QED) is 0.105. The van der Waals surface area contributed by atoms with E-state index in [9.17, 15) is 31.1 Å². The van der Waals surface area contributed by atoms with Crippen LogP contribution in [0, 0.1) is 6.92 Å². The number of fused-ring (bicyclic) bond motifs is 3. The van der Waals surface area contributed by atoms with E-state index in [0.717, 1.165) is 63.9 Å². The highest BCUT2D eigenvalue weighted by molar-refractivity contribution is 5.81. The summed E-state index contributed by atoms with van der Waals surface area (Å²) in [5.41, 5.74) is 6.00. The van der Waals surface area contributed by atoms with E-state index in [0.29, 0.717) is 25.9 Å². The number of halogens is 6. The highest BCUT2D eigenvalue weighted by Crippen LogP contribution is 2.51. The second kappa shape index (κ2) is 16.3. The third-order valence-electron chi connectivity index (χ3n) is 8.55. The zero-order valence-electron chi connectivity index (χ0n) is 27.1. The molecule has 4 aromatic rings. The van der Waals surface area contributed by atoms with Crippen LogP contribution in [0.2, 0.25) is 0 Å². The fourth-order valence-corrected chi connectivity index (χ4v) is 6.22. The molecule has 1 aliphatic rings. The van der Waals surface area contributed by atoms with Crippen molar-refractivity contribution < 1.29 is 31.1 Å². The van der Waals surface area contributed by atoms with Crippen LogP contribution in [0.15, 0.2) is 97.1 Å². The molecule has 0 saturated carbocycles. The standard InChI is InChI=1S/C24H30F3N3O.C14H11F3/c1-28-15-12-22(31)30-14-7-6-13-23(16-29-17-24(25,26)27)20-10-4-2-8-18(20)19-9-3-5-11-21(19)23;1-10-4-2-3-5-13(10)11-6-8-12(9-7-11)14(15,16)17/h2-5,8-11,28-29H,6-7,12-17H2,1H3,(H,30,31);2-9H,1H3. The zero-order chi connectivity index (χ0) is 34.8. The van der Waals surface area contributed by atoms with Crippen molar-refractivity contribution in [1.82, 2.24) is 16.0 Å². The maximum absolute atomic E-state index is 12.9. The zero-order valence-corrected chi connectivity index (χ0v) is 27.1. The molecule has 0 aliphatic heterocycles. The molecule has 1 amide bonds. The second-order valence-electron chi connectivity index (χ2n) is 11.9. The fourth-order valence-electron chi connectivity index (χ4n) is 6.22. The molecule has 0 saturated heterocycles. The lowest BCUT2D eigenvalue weighted by molar-refractivity contribution is -0.137. The first kappa shape index (κ1) is 36.7. The summed E-state index contributed by atoms with van der Waals surface area (Å²) < 4.78 is 75.8. The SMILES string of the molecule is CNCCC(=O)NCCCCC1(CNCC(F)(F)F)c2ccccc2-c2ccccc21.Cc1ccccc1-c1ccc(C(F)(F)F)cc1. The Morgan fingerprint density at radius 3 is 1.81 bits per heavy atom. The summed E-state index contributed by atoms with van der Waals surface area (Å²) >= 11 is 0. The van der Waals surface area contributed by atoms with Gasteiger partial charge in [0.05, 0.1) is 12.1 Å². The molecule has 0 spiro atoms. The van der Waals surface area contributed by atoms with E-state index in [1.165, 1.54) is 12.1 Å². The summed E-state index contributed by atoms with van der Waals surface area (Å²) in [4.78, 5) is 11.8. The molecule has 256 valence electrons. The molecule has 10 heteroatoms. The minimum absolute atomic E-state index is 0.00691. The molecule has 0 unspecified atom stereocenters. The Morgan fingerprint density at radius 1 is 0.708 bits per heavy atom. The van der Waals surface area contributed by atoms with E-state index >= 15 is 0 Å². The number of amides is 1. The van der Waals surface area contributed by atoms with Crippen LogP contribution >= 0.6 is 0 Å². The maximum atomic E-state index is 12.9. The van der Waals surface area contributed by atoms with Crippen molar-refractivity contribution in [3.63, 3.8) is 0 Å². The molecule has 3 N–H and O–H groups in total. The lowest BCUT2D eigenvalue weighted by atomic mass is 9.74. The van der Waals surface area contributed by atoms with Crippen molar-refractivity contribution in [2.75, 3.05) is 33.2 Å². The monoisotopic (exact) mass is 669 g/mol. The predicted octanol–water partition coefficient (Wildman–Crippen LogP) is 8.68. The molecule has 48 heavy (non-hydrogen) atoms. The first-order valence-electron chi connectivity index (χ1n) is 16.0. The van der Waals surface area contributed by atoms with Gasteiger partial charge in [-0.2, -0.15) is 26.3 Å². The van der Waals surface area contributed by atoms with Crippen LogP contribution in [0.4, 0.5) is 26.3 Å². The second-order valence-corrected chi connectivity index (χ2v) is 11.9. The van der Waals surface area contributed by atoms with Crippen LogP contribution in [0.25, 0.3) is 22.3 Å². The molecule has 0 fully saturated rings. The fraction of sp³-hybridized carbons (Fsp3) is 0.342. The average molecular weight is 670 g/mol. The molecule has 0 aromatic heterocycles. The summed E-state index contributed by atoms with van der Waals surface area (Å²) in [6.07, 6.45) is -5.82. The van der Waals surface area contributed by atoms with Crippen molar-refractivity contribution in [2.24, 2.45) is 0 Å². The molecule has 0 atom stereocenters. The van der Waals surface area contributed by atoms with Crippen LogP contribution in [-0.4, -0.2) is 45.3 Å². The lowest BCUT2D eigenvalue weighted by Crippen LogP contribution is -2.41. The van der Waals surface area contributed by atoms with Gasteiger partial charge < -0.3 is 16.0 Å². The Labute approximate surface area is 278 Å². The van der Waals surface area contributed by atoms with Gasteiger partial charge in [-0.15, -0.1) is 0 Å². The van der Waals surface area contributed by atoms with Crippen LogP contribution in [0.3, 0.4) is 0 Å². The van der Waals surface area contributed by atoms with Crippen LogP contribution in [0.5, 0.6) is 0 Å². The molecular weight excluding hydrogens is 628 g/mol. The lowest BCUT2D eigenvalue weighted by Gasteiger charge is -2.33. The number of carbonyl (C=O) groups excluding carboxylic acids is 1. The van der Waals surface area contributed by atoms with Gasteiger partial charge in [0, 0.05) is 31.5 Å². The van der Waals surface area contributed by atoms with E-state index < -0.39 is 29.9 Å². The first-order valence-corrected chi connectivity index (χ1v) is 16.0. The molecule has 4 aromatic carbocycles. The number of aryl methyl sites for hydroxylation is 1. The van der Waals surface area contributed by atoms with Crippen LogP contribution in [-0.2, 0) is 16.4 Å². The van der Waals surface area contributed by atoms with Gasteiger partial charge in [0.1, 0.15) is 0 Å². The number of nitrogens with one attached hydrogen (secondary N) is 3. The normalized spacial score (nSPS) is 13.2. The third kappa shape index (κ3) is 9.48. The van der Waals surface area contributed by atoms with E-state index in [1.54, 1.807) is 7.05 Å². The minimum atomic E-state index is -4.27. The molecule has 4 nitrogen and oxygen atoms in total. The number of carbonyl (C=O) groups is 1. The number of hydrogen-bond donors (Lipinski definition) is 3. The predicted molar refractivity (Wildman–Crippen MR) is 179 cm³/mol. The largest absolute Gasteiger partial charge is 0.416 e. The van der Waals surface area contributed by atoms with Crippen molar-refractivity contribution >= 4 is 5.91 Å². The Balaban J connectivity index is 0.000000257. The van der Waals surface area contributed by atoms with E-state index in [-0.39, 0.29) is 12.5 Å². The van der Waals surface area contributed by atoms with Gasteiger partial charge in [0.25, 0.3) is 0 Å². The van der Waals surface area contributed by atoms with Crippen molar-refractivity contribution in [2.45, 2.75) is 50.4 Å². The maximum Gasteiger partial charge on any atom is 0.416 e. The molecule has 0 radical (unpaired) electrons. The number of benzene rings is 4. The van der Waals surface area contributed by atoms with E-state index in [2.05, 4.69) is 16.0 Å². The smallest absolute Gasteiger partial charge is 0.356 e. The van der Waals surface area contributed by atoms with E-state index in [4.69, 9.17) is 0 Å². The molecular formula is C38H41F6N3O. The van der Waals surface area contributed by atoms with E-state index in [1.807, 2.05) is 79.7 Å². The molecule has 1 aliphatic carbocycles. The first-order chi connectivity index (χ1) is 22.9. The molecule has 0 heterocycles. The topological polar surface area (TPSA) is 53.2 Å². The Bertz CT molecular complexity index is 1590. The van der Waals surface area contributed by atoms with Crippen molar-refractivity contribution in [3.8, 4) is 22.3 Å². The third-order valence-corrected chi connectivity index (χ3v) is 8.55. The number of unbranched alkanes of at least 4 members (excludes halogenated alkanes) is 1. The summed E-state index contributed by atoms with van der Waals surface area (Å²) in [7, 11) is 1.80. The Morgan fingerprint density at radius 2 is 1.27 bits per heavy atom. The average Bonchev–Trinajstić information content (AvgIpc) is 3.33. The van der Waals surface area contributed by atoms with Gasteiger partial charge in [-0.1, -0.05) is 91.3 Å². The van der Waals surface area contributed by atoms with Crippen molar-refractivity contribution in [1.29, 1.82) is 0 Å². The Hall–Kier alpha value is -4.15. The summed E-state index contributed by atoms with van der Waals surface area (Å²) in [6.45, 7) is 2.34. The van der Waals surface area contributed by atoms with Gasteiger partial charge in [-0.05, 0) is 77.9 Å². The van der Waals surface area contributed by atoms with Gasteiger partial charge >= 0.3 is 12.4 Å². The summed E-state index contributed by atoms with van der Waals surface area (Å²) in [6, 6.07) is 28.8. The summed E-state index contributed by atoms with van der Waals surface area (Å²) in [5.74, 6) is 0.00691. The number of rotatable bonds is 12. The Kier molecular flexibility index (Phi) is 12.5. The molecule has 5 rings (SSSR count). The van der Waals surface area contributed by atoms with Crippen LogP contribution in [0.1, 0.15) is 47.9 Å². The number of hydrogen-bond acceptors (Lipinski definition) is 3. The highest BCUT2D eigenvalue weighted by atomic mass is 19.4. The van der Waals surface area contributed by atoms with Gasteiger partial charge in [-0.3, -0.25) is 4.79 Å².